The van der Waals surface area contributed by atoms with Crippen LogP contribution >= 0.6 is 11.6 Å². The fraction of sp³-hybridized carbons (Fsp3) is 0.400. The number of hydrogen-bond acceptors (Lipinski definition) is 4. The molecule has 0 unspecified atom stereocenters. The largest absolute Gasteiger partial charge is 0.451 e. The van der Waals surface area contributed by atoms with Crippen LogP contribution in [0.5, 0.6) is 0 Å². The van der Waals surface area contributed by atoms with E-state index < -0.39 is 23.7 Å². The van der Waals surface area contributed by atoms with Crippen LogP contribution in [0.25, 0.3) is 0 Å². The molecule has 0 atom stereocenters. The highest BCUT2D eigenvalue weighted by Crippen LogP contribution is 2.35. The van der Waals surface area contributed by atoms with Crippen molar-refractivity contribution in [3.63, 3.8) is 0 Å². The molecule has 11 heteroatoms. The molecule has 2 aromatic rings. The molecule has 26 heavy (non-hydrogen) atoms. The molecular formula is C15H11ClF6N4. The maximum atomic E-state index is 12.9. The van der Waals surface area contributed by atoms with E-state index in [1.165, 1.54) is 11.8 Å². The Hall–Kier alpha value is -2.10. The number of alkyl halides is 6. The van der Waals surface area contributed by atoms with Crippen LogP contribution in [0.15, 0.2) is 12.3 Å². The average Bonchev–Trinajstić information content (AvgIpc) is 2.54. The highest BCUT2D eigenvalue weighted by molar-refractivity contribution is 6.30. The van der Waals surface area contributed by atoms with E-state index in [0.717, 1.165) is 12.3 Å². The van der Waals surface area contributed by atoms with Gasteiger partial charge in [0, 0.05) is 37.0 Å². The summed E-state index contributed by atoms with van der Waals surface area (Å²) in [6.07, 6.45) is -8.31. The Morgan fingerprint density at radius 2 is 1.77 bits per heavy atom. The Bertz CT molecular complexity index is 849. The van der Waals surface area contributed by atoms with Gasteiger partial charge in [-0.05, 0) is 18.6 Å². The van der Waals surface area contributed by atoms with Crippen molar-refractivity contribution in [3.05, 3.63) is 45.6 Å². The lowest BCUT2D eigenvalue weighted by Crippen LogP contribution is -2.33. The molecule has 0 saturated heterocycles. The summed E-state index contributed by atoms with van der Waals surface area (Å²) < 4.78 is 77.4. The number of pyridine rings is 1. The van der Waals surface area contributed by atoms with E-state index in [2.05, 4.69) is 15.0 Å². The Labute approximate surface area is 148 Å². The Morgan fingerprint density at radius 3 is 2.38 bits per heavy atom. The van der Waals surface area contributed by atoms with E-state index >= 15 is 0 Å². The van der Waals surface area contributed by atoms with Crippen molar-refractivity contribution in [2.45, 2.75) is 32.2 Å². The zero-order chi connectivity index (χ0) is 19.3. The molecule has 0 spiro atoms. The molecule has 0 N–H and O–H groups in total. The van der Waals surface area contributed by atoms with Crippen molar-refractivity contribution >= 4 is 17.4 Å². The lowest BCUT2D eigenvalue weighted by Gasteiger charge is -2.31. The van der Waals surface area contributed by atoms with Crippen molar-refractivity contribution in [2.75, 3.05) is 11.4 Å². The Morgan fingerprint density at radius 1 is 1.08 bits per heavy atom. The third-order valence-electron chi connectivity index (χ3n) is 3.98. The summed E-state index contributed by atoms with van der Waals surface area (Å²) in [6.45, 7) is 1.65. The van der Waals surface area contributed by atoms with E-state index in [9.17, 15) is 26.3 Å². The first-order chi connectivity index (χ1) is 12.0. The van der Waals surface area contributed by atoms with Gasteiger partial charge in [-0.1, -0.05) is 11.6 Å². The second-order valence-corrected chi connectivity index (χ2v) is 6.14. The lowest BCUT2D eigenvalue weighted by molar-refractivity contribution is -0.145. The summed E-state index contributed by atoms with van der Waals surface area (Å²) in [6, 6.07) is 0.956. The van der Waals surface area contributed by atoms with Gasteiger partial charge in [-0.25, -0.2) is 9.97 Å². The summed E-state index contributed by atoms with van der Waals surface area (Å²) in [4.78, 5) is 12.0. The van der Waals surface area contributed by atoms with Crippen molar-refractivity contribution in [1.82, 2.24) is 15.0 Å². The van der Waals surface area contributed by atoms with Crippen LogP contribution in [0.1, 0.15) is 28.2 Å². The molecule has 140 valence electrons. The second-order valence-electron chi connectivity index (χ2n) is 5.78. The lowest BCUT2D eigenvalue weighted by atomic mass is 10.0. The molecule has 0 fully saturated rings. The molecule has 0 amide bonds. The molecular weight excluding hydrogens is 386 g/mol. The van der Waals surface area contributed by atoms with Gasteiger partial charge in [0.25, 0.3) is 0 Å². The minimum absolute atomic E-state index is 0.0552. The topological polar surface area (TPSA) is 41.9 Å². The summed E-state index contributed by atoms with van der Waals surface area (Å²) in [5, 5.41) is -0.352. The van der Waals surface area contributed by atoms with Gasteiger partial charge < -0.3 is 4.90 Å². The minimum atomic E-state index is -4.79. The summed E-state index contributed by atoms with van der Waals surface area (Å²) in [7, 11) is 0. The third kappa shape index (κ3) is 3.55. The second kappa shape index (κ2) is 6.26. The molecule has 3 rings (SSSR count). The van der Waals surface area contributed by atoms with E-state index in [-0.39, 0.29) is 41.6 Å². The molecule has 3 heterocycles. The molecule has 0 bridgehead atoms. The zero-order valence-corrected chi connectivity index (χ0v) is 14.0. The number of fused-ring (bicyclic) bond motifs is 1. The first-order valence-electron chi connectivity index (χ1n) is 7.38. The Balaban J connectivity index is 2.00. The van der Waals surface area contributed by atoms with Gasteiger partial charge in [0.15, 0.2) is 0 Å². The van der Waals surface area contributed by atoms with Gasteiger partial charge in [-0.3, -0.25) is 4.98 Å². The maximum absolute atomic E-state index is 12.9. The predicted molar refractivity (Wildman–Crippen MR) is 80.8 cm³/mol. The number of aromatic nitrogens is 3. The van der Waals surface area contributed by atoms with Crippen molar-refractivity contribution in [3.8, 4) is 0 Å². The highest BCUT2D eigenvalue weighted by Gasteiger charge is 2.37. The third-order valence-corrected chi connectivity index (χ3v) is 4.35. The van der Waals surface area contributed by atoms with Gasteiger partial charge >= 0.3 is 12.4 Å². The summed E-state index contributed by atoms with van der Waals surface area (Å²) in [5.41, 5.74) is 0.0754. The van der Waals surface area contributed by atoms with Gasteiger partial charge in [-0.15, -0.1) is 0 Å². The van der Waals surface area contributed by atoms with Crippen LogP contribution < -0.4 is 4.90 Å². The van der Waals surface area contributed by atoms with Crippen LogP contribution in [-0.4, -0.2) is 21.5 Å². The highest BCUT2D eigenvalue weighted by atomic mass is 35.5. The predicted octanol–water partition coefficient (Wildman–Crippen LogP) is 4.43. The minimum Gasteiger partial charge on any atom is -0.351 e. The van der Waals surface area contributed by atoms with E-state index in [0.29, 0.717) is 5.69 Å². The first kappa shape index (κ1) is 18.7. The molecule has 1 aliphatic heterocycles. The number of nitrogens with zero attached hydrogens (tertiary/aromatic N) is 4. The number of rotatable bonds is 1. The van der Waals surface area contributed by atoms with Crippen LogP contribution in [0.3, 0.4) is 0 Å². The molecule has 4 nitrogen and oxygen atoms in total. The van der Waals surface area contributed by atoms with Gasteiger partial charge in [0.1, 0.15) is 11.0 Å². The molecule has 0 aliphatic carbocycles. The number of hydrogen-bond donors (Lipinski definition) is 0. The van der Waals surface area contributed by atoms with Crippen molar-refractivity contribution in [1.29, 1.82) is 0 Å². The van der Waals surface area contributed by atoms with Crippen LogP contribution in [-0.2, 0) is 25.3 Å². The van der Waals surface area contributed by atoms with Gasteiger partial charge in [0.2, 0.25) is 5.82 Å². The summed E-state index contributed by atoms with van der Waals surface area (Å²) in [5.74, 6) is -1.45. The average molecular weight is 397 g/mol. The summed E-state index contributed by atoms with van der Waals surface area (Å²) >= 11 is 5.79. The fourth-order valence-corrected chi connectivity index (χ4v) is 2.84. The monoisotopic (exact) mass is 396 g/mol. The molecule has 2 aromatic heterocycles. The molecule has 0 saturated carbocycles. The van der Waals surface area contributed by atoms with Crippen LogP contribution in [0.4, 0.5) is 32.2 Å². The molecule has 0 aromatic carbocycles. The van der Waals surface area contributed by atoms with E-state index in [4.69, 9.17) is 11.6 Å². The van der Waals surface area contributed by atoms with Crippen molar-refractivity contribution in [2.24, 2.45) is 0 Å². The fourth-order valence-electron chi connectivity index (χ4n) is 2.67. The van der Waals surface area contributed by atoms with Gasteiger partial charge in [0.05, 0.1) is 5.56 Å². The van der Waals surface area contributed by atoms with E-state index in [1.54, 1.807) is 0 Å². The quantitative estimate of drug-likeness (QED) is 0.528. The Kier molecular flexibility index (Phi) is 4.50. The number of anilines is 1. The molecule has 0 radical (unpaired) electrons. The smallest absolute Gasteiger partial charge is 0.351 e. The first-order valence-corrected chi connectivity index (χ1v) is 7.76. The normalized spacial score (nSPS) is 15.2. The van der Waals surface area contributed by atoms with Crippen LogP contribution in [0, 0.1) is 6.92 Å². The molecule has 1 aliphatic rings. The van der Waals surface area contributed by atoms with Crippen molar-refractivity contribution < 1.29 is 26.3 Å². The number of halogens is 7. The SMILES string of the molecule is Cc1c(Cl)nc(C(F)(F)F)nc1N1CCc2ncc(C(F)(F)F)cc2C1. The maximum Gasteiger partial charge on any atom is 0.451 e. The standard InChI is InChI=1S/C15H11ClF6N4/c1-7-11(16)24-13(15(20,21)22)25-12(7)26-3-2-10-8(6-26)4-9(5-23-10)14(17,18)19/h4-5H,2-3,6H2,1H3. The van der Waals surface area contributed by atoms with E-state index in [1.807, 2.05) is 0 Å². The van der Waals surface area contributed by atoms with Gasteiger partial charge in [-0.2, -0.15) is 26.3 Å². The van der Waals surface area contributed by atoms with Crippen LogP contribution in [0.2, 0.25) is 5.15 Å². The zero-order valence-electron chi connectivity index (χ0n) is 13.2.